The molecule has 0 saturated heterocycles. The molecule has 0 bridgehead atoms. The number of fused-ring (bicyclic) bond motifs is 1. The van der Waals surface area contributed by atoms with Crippen molar-refractivity contribution in [3.63, 3.8) is 0 Å². The Bertz CT molecular complexity index is 1450. The van der Waals surface area contributed by atoms with Gasteiger partial charge in [-0.05, 0) is 34.2 Å². The lowest BCUT2D eigenvalue weighted by Crippen LogP contribution is -2.38. The Morgan fingerprint density at radius 1 is 0.706 bits per heavy atom. The minimum atomic E-state index is -0.817. The summed E-state index contributed by atoms with van der Waals surface area (Å²) in [5.41, 5.74) is 3.66. The molecule has 34 heavy (non-hydrogen) atoms. The molecule has 3 nitrogen and oxygen atoms in total. The van der Waals surface area contributed by atoms with Crippen LogP contribution in [0.4, 0.5) is 4.39 Å². The third-order valence-corrected chi connectivity index (χ3v) is 7.01. The second kappa shape index (κ2) is 8.36. The van der Waals surface area contributed by atoms with E-state index in [4.69, 9.17) is 5.10 Å². The highest BCUT2D eigenvalue weighted by molar-refractivity contribution is 7.13. The van der Waals surface area contributed by atoms with Gasteiger partial charge in [0.1, 0.15) is 17.1 Å². The summed E-state index contributed by atoms with van der Waals surface area (Å²) in [4.78, 5) is 5.56. The zero-order valence-electron chi connectivity index (χ0n) is 18.2. The SMILES string of the molecule is Fc1cnc2c(c1)c(-c1cccs1)nn2C(c1ccccc1)(c1ccccc1)c1ccccc1. The predicted octanol–water partition coefficient (Wildman–Crippen LogP) is 7.14. The van der Waals surface area contributed by atoms with Gasteiger partial charge < -0.3 is 0 Å². The molecular formula is C29H20FN3S. The Morgan fingerprint density at radius 2 is 1.26 bits per heavy atom. The highest BCUT2D eigenvalue weighted by atomic mass is 32.1. The van der Waals surface area contributed by atoms with E-state index in [0.29, 0.717) is 11.0 Å². The van der Waals surface area contributed by atoms with Gasteiger partial charge in [-0.15, -0.1) is 11.3 Å². The molecular weight excluding hydrogens is 441 g/mol. The van der Waals surface area contributed by atoms with Crippen LogP contribution in [0.1, 0.15) is 16.7 Å². The number of pyridine rings is 1. The molecule has 0 saturated carbocycles. The number of hydrogen-bond donors (Lipinski definition) is 0. The highest BCUT2D eigenvalue weighted by Gasteiger charge is 2.41. The number of aromatic nitrogens is 3. The van der Waals surface area contributed by atoms with Crippen molar-refractivity contribution in [2.24, 2.45) is 0 Å². The van der Waals surface area contributed by atoms with Crippen molar-refractivity contribution in [2.45, 2.75) is 5.54 Å². The van der Waals surface area contributed by atoms with Crippen molar-refractivity contribution in [1.82, 2.24) is 14.8 Å². The van der Waals surface area contributed by atoms with Crippen LogP contribution in [0.15, 0.2) is 121 Å². The lowest BCUT2D eigenvalue weighted by molar-refractivity contribution is 0.473. The van der Waals surface area contributed by atoms with Crippen LogP contribution < -0.4 is 0 Å². The van der Waals surface area contributed by atoms with E-state index < -0.39 is 5.54 Å². The summed E-state index contributed by atoms with van der Waals surface area (Å²) in [6, 6.07) is 36.5. The predicted molar refractivity (Wildman–Crippen MR) is 135 cm³/mol. The third kappa shape index (κ3) is 3.17. The van der Waals surface area contributed by atoms with E-state index in [1.165, 1.54) is 12.3 Å². The minimum absolute atomic E-state index is 0.380. The standard InChI is InChI=1S/C29H20FN3S/c30-24-19-25-27(26-17-10-18-34-26)32-33(28(25)31-20-24)29(21-11-4-1-5-12-21,22-13-6-2-7-14-22)23-15-8-3-9-16-23/h1-20H. The summed E-state index contributed by atoms with van der Waals surface area (Å²) in [6.45, 7) is 0. The van der Waals surface area contributed by atoms with Gasteiger partial charge in [-0.25, -0.2) is 14.1 Å². The van der Waals surface area contributed by atoms with Gasteiger partial charge in [0.2, 0.25) is 0 Å². The zero-order chi connectivity index (χ0) is 23.0. The quantitative estimate of drug-likeness (QED) is 0.256. The average molecular weight is 462 g/mol. The van der Waals surface area contributed by atoms with Gasteiger partial charge in [0, 0.05) is 0 Å². The maximum absolute atomic E-state index is 14.4. The van der Waals surface area contributed by atoms with E-state index in [0.717, 1.165) is 27.3 Å². The monoisotopic (exact) mass is 461 g/mol. The van der Waals surface area contributed by atoms with E-state index in [9.17, 15) is 4.39 Å². The number of halogens is 1. The van der Waals surface area contributed by atoms with Crippen LogP contribution >= 0.6 is 11.3 Å². The highest BCUT2D eigenvalue weighted by Crippen LogP contribution is 2.43. The van der Waals surface area contributed by atoms with Crippen LogP contribution in [0.3, 0.4) is 0 Å². The zero-order valence-corrected chi connectivity index (χ0v) is 19.0. The fraction of sp³-hybridized carbons (Fsp3) is 0.0345. The van der Waals surface area contributed by atoms with Gasteiger partial charge >= 0.3 is 0 Å². The molecule has 0 aliphatic carbocycles. The normalized spacial score (nSPS) is 11.7. The fourth-order valence-electron chi connectivity index (χ4n) is 4.71. The molecule has 0 atom stereocenters. The summed E-state index contributed by atoms with van der Waals surface area (Å²) in [6.07, 6.45) is 1.27. The Labute approximate surface area is 200 Å². The average Bonchev–Trinajstić information content (AvgIpc) is 3.55. The molecule has 6 rings (SSSR count). The number of benzene rings is 3. The minimum Gasteiger partial charge on any atom is -0.234 e. The molecule has 0 aliphatic heterocycles. The van der Waals surface area contributed by atoms with Crippen molar-refractivity contribution in [3.8, 4) is 10.6 Å². The van der Waals surface area contributed by atoms with Crippen molar-refractivity contribution >= 4 is 22.4 Å². The first-order chi connectivity index (χ1) is 16.8. The molecule has 0 aliphatic rings. The van der Waals surface area contributed by atoms with E-state index >= 15 is 0 Å². The van der Waals surface area contributed by atoms with Gasteiger partial charge in [0.05, 0.1) is 16.5 Å². The lowest BCUT2D eigenvalue weighted by Gasteiger charge is -2.36. The number of rotatable bonds is 5. The van der Waals surface area contributed by atoms with Crippen LogP contribution in [0.2, 0.25) is 0 Å². The molecule has 6 aromatic rings. The fourth-order valence-corrected chi connectivity index (χ4v) is 5.43. The summed E-state index contributed by atoms with van der Waals surface area (Å²) < 4.78 is 16.4. The molecule has 0 unspecified atom stereocenters. The maximum Gasteiger partial charge on any atom is 0.160 e. The van der Waals surface area contributed by atoms with Crippen LogP contribution in [-0.4, -0.2) is 14.8 Å². The van der Waals surface area contributed by atoms with Gasteiger partial charge in [0.15, 0.2) is 5.65 Å². The molecule has 3 aromatic heterocycles. The Kier molecular flexibility index (Phi) is 5.04. The molecule has 0 fully saturated rings. The number of hydrogen-bond acceptors (Lipinski definition) is 3. The molecule has 3 aromatic carbocycles. The van der Waals surface area contributed by atoms with Crippen LogP contribution in [-0.2, 0) is 5.54 Å². The first kappa shape index (κ1) is 20.5. The van der Waals surface area contributed by atoms with Gasteiger partial charge in [0.25, 0.3) is 0 Å². The van der Waals surface area contributed by atoms with Gasteiger partial charge in [-0.2, -0.15) is 5.10 Å². The maximum atomic E-state index is 14.4. The van der Waals surface area contributed by atoms with Gasteiger partial charge in [-0.1, -0.05) is 97.1 Å². The third-order valence-electron chi connectivity index (χ3n) is 6.14. The van der Waals surface area contributed by atoms with Gasteiger partial charge in [-0.3, -0.25) is 0 Å². The smallest absolute Gasteiger partial charge is 0.160 e. The van der Waals surface area contributed by atoms with E-state index in [1.54, 1.807) is 11.3 Å². The summed E-state index contributed by atoms with van der Waals surface area (Å²) in [5, 5.41) is 7.87. The Hall–Kier alpha value is -4.09. The van der Waals surface area contributed by atoms with Crippen molar-refractivity contribution in [2.75, 3.05) is 0 Å². The second-order valence-corrected chi connectivity index (χ2v) is 9.02. The number of thiophene rings is 1. The largest absolute Gasteiger partial charge is 0.234 e. The molecule has 0 N–H and O–H groups in total. The summed E-state index contributed by atoms with van der Waals surface area (Å²) in [7, 11) is 0. The molecule has 5 heteroatoms. The Balaban J connectivity index is 1.81. The first-order valence-electron chi connectivity index (χ1n) is 11.0. The van der Waals surface area contributed by atoms with E-state index in [1.807, 2.05) is 76.8 Å². The second-order valence-electron chi connectivity index (χ2n) is 8.07. The van der Waals surface area contributed by atoms with Crippen molar-refractivity contribution in [3.05, 3.63) is 143 Å². The van der Waals surface area contributed by atoms with E-state index in [-0.39, 0.29) is 5.82 Å². The molecule has 0 radical (unpaired) electrons. The van der Waals surface area contributed by atoms with Crippen LogP contribution in [0.25, 0.3) is 21.6 Å². The molecule has 3 heterocycles. The summed E-state index contributed by atoms with van der Waals surface area (Å²) in [5.74, 6) is -0.380. The topological polar surface area (TPSA) is 30.7 Å². The van der Waals surface area contributed by atoms with Crippen molar-refractivity contribution < 1.29 is 4.39 Å². The molecule has 0 spiro atoms. The first-order valence-corrected chi connectivity index (χ1v) is 11.9. The number of nitrogens with zero attached hydrogens (tertiary/aromatic N) is 3. The summed E-state index contributed by atoms with van der Waals surface area (Å²) >= 11 is 1.58. The lowest BCUT2D eigenvalue weighted by atomic mass is 9.77. The Morgan fingerprint density at radius 3 is 1.76 bits per heavy atom. The van der Waals surface area contributed by atoms with Crippen LogP contribution in [0, 0.1) is 5.82 Å². The molecule has 0 amide bonds. The molecule has 164 valence electrons. The van der Waals surface area contributed by atoms with E-state index in [2.05, 4.69) is 41.4 Å². The van der Waals surface area contributed by atoms with Crippen LogP contribution in [0.5, 0.6) is 0 Å². The van der Waals surface area contributed by atoms with Crippen molar-refractivity contribution in [1.29, 1.82) is 0 Å².